The maximum atomic E-state index is 13.9. The third-order valence-corrected chi connectivity index (χ3v) is 4.30. The second-order valence-corrected chi connectivity index (χ2v) is 6.26. The molecular weight excluding hydrogens is 346 g/mol. The summed E-state index contributed by atoms with van der Waals surface area (Å²) >= 11 is 9.22. The summed E-state index contributed by atoms with van der Waals surface area (Å²) in [6.07, 6.45) is 0. The van der Waals surface area contributed by atoms with Gasteiger partial charge in [-0.25, -0.2) is 8.78 Å². The normalized spacial score (nSPS) is 12.8. The van der Waals surface area contributed by atoms with Gasteiger partial charge in [-0.1, -0.05) is 38.1 Å². The topological polar surface area (TPSA) is 0 Å². The van der Waals surface area contributed by atoms with Gasteiger partial charge in [0, 0.05) is 5.56 Å². The highest BCUT2D eigenvalue weighted by Crippen LogP contribution is 2.33. The van der Waals surface area contributed by atoms with Crippen LogP contribution in [0.5, 0.6) is 0 Å². The van der Waals surface area contributed by atoms with Crippen LogP contribution in [0.1, 0.15) is 41.8 Å². The Hall–Kier alpha value is -0.930. The molecule has 0 nitrogen and oxygen atoms in total. The van der Waals surface area contributed by atoms with Gasteiger partial charge in [0.2, 0.25) is 0 Å². The molecule has 0 aliphatic rings. The predicted octanol–water partition coefficient (Wildman–Crippen LogP) is 6.18. The molecule has 0 radical (unpaired) electrons. The molecule has 0 heterocycles. The van der Waals surface area contributed by atoms with E-state index in [4.69, 9.17) is 11.6 Å². The van der Waals surface area contributed by atoms with Crippen LogP contribution in [0.4, 0.5) is 8.78 Å². The van der Waals surface area contributed by atoms with E-state index in [0.29, 0.717) is 5.92 Å². The van der Waals surface area contributed by atoms with Gasteiger partial charge in [-0.3, -0.25) is 0 Å². The first-order valence-electron chi connectivity index (χ1n) is 6.28. The molecule has 0 saturated heterocycles. The van der Waals surface area contributed by atoms with E-state index in [0.717, 1.165) is 17.7 Å². The van der Waals surface area contributed by atoms with Gasteiger partial charge in [-0.05, 0) is 45.1 Å². The third kappa shape index (κ3) is 3.21. The second-order valence-electron chi connectivity index (χ2n) is 4.97. The fourth-order valence-electron chi connectivity index (χ4n) is 1.96. The zero-order valence-corrected chi connectivity index (χ0v) is 13.5. The van der Waals surface area contributed by atoms with Crippen LogP contribution in [-0.2, 0) is 0 Å². The van der Waals surface area contributed by atoms with Gasteiger partial charge in [0.25, 0.3) is 0 Å². The molecule has 0 saturated carbocycles. The lowest BCUT2D eigenvalue weighted by Gasteiger charge is -2.13. The van der Waals surface area contributed by atoms with Gasteiger partial charge < -0.3 is 0 Å². The summed E-state index contributed by atoms with van der Waals surface area (Å²) in [5.74, 6) is -0.628. The van der Waals surface area contributed by atoms with E-state index in [1.54, 1.807) is 0 Å². The first-order chi connectivity index (χ1) is 9.40. The molecular formula is C16H14BrClF2. The zero-order valence-electron chi connectivity index (χ0n) is 11.1. The van der Waals surface area contributed by atoms with Crippen LogP contribution in [0, 0.1) is 11.6 Å². The van der Waals surface area contributed by atoms with Gasteiger partial charge in [0.1, 0.15) is 11.6 Å². The van der Waals surface area contributed by atoms with Gasteiger partial charge in [-0.15, -0.1) is 11.6 Å². The second kappa shape index (κ2) is 6.23. The molecule has 2 aromatic rings. The molecule has 2 aromatic carbocycles. The van der Waals surface area contributed by atoms with Gasteiger partial charge >= 0.3 is 0 Å². The Morgan fingerprint density at radius 2 is 1.50 bits per heavy atom. The number of rotatable bonds is 3. The summed E-state index contributed by atoms with van der Waals surface area (Å²) < 4.78 is 27.5. The van der Waals surface area contributed by atoms with Crippen LogP contribution < -0.4 is 0 Å². The maximum absolute atomic E-state index is 13.9. The molecule has 0 spiro atoms. The van der Waals surface area contributed by atoms with Crippen LogP contribution in [-0.4, -0.2) is 0 Å². The number of halogens is 4. The van der Waals surface area contributed by atoms with E-state index in [2.05, 4.69) is 29.8 Å². The minimum atomic E-state index is -0.709. The van der Waals surface area contributed by atoms with Crippen molar-refractivity contribution in [1.82, 2.24) is 0 Å². The van der Waals surface area contributed by atoms with Crippen LogP contribution >= 0.6 is 27.5 Å². The van der Waals surface area contributed by atoms with E-state index in [-0.39, 0.29) is 10.0 Å². The predicted molar refractivity (Wildman–Crippen MR) is 82.3 cm³/mol. The number of hydrogen-bond donors (Lipinski definition) is 0. The standard InChI is InChI=1S/C16H14BrClF2/c1-9(2)10-3-5-11(6-4-10)16(18)12-7-15(20)13(17)8-14(12)19/h3-9,16H,1-2H3. The van der Waals surface area contributed by atoms with Crippen molar-refractivity contribution in [2.75, 3.05) is 0 Å². The van der Waals surface area contributed by atoms with Crippen LogP contribution in [0.3, 0.4) is 0 Å². The Morgan fingerprint density at radius 1 is 0.950 bits per heavy atom. The Bertz CT molecular complexity index is 609. The van der Waals surface area contributed by atoms with Crippen molar-refractivity contribution in [3.8, 4) is 0 Å². The summed E-state index contributed by atoms with van der Waals surface area (Å²) in [6, 6.07) is 9.86. The highest BCUT2D eigenvalue weighted by Gasteiger charge is 2.18. The number of benzene rings is 2. The van der Waals surface area contributed by atoms with E-state index in [1.165, 1.54) is 5.56 Å². The van der Waals surface area contributed by atoms with Crippen molar-refractivity contribution in [2.24, 2.45) is 0 Å². The van der Waals surface area contributed by atoms with Gasteiger partial charge in [0.15, 0.2) is 0 Å². The molecule has 0 bridgehead atoms. The fraction of sp³-hybridized carbons (Fsp3) is 0.250. The molecule has 0 aromatic heterocycles. The van der Waals surface area contributed by atoms with Crippen LogP contribution in [0.2, 0.25) is 0 Å². The third-order valence-electron chi connectivity index (χ3n) is 3.21. The highest BCUT2D eigenvalue weighted by molar-refractivity contribution is 9.10. The Kier molecular flexibility index (Phi) is 4.82. The molecule has 20 heavy (non-hydrogen) atoms. The van der Waals surface area contributed by atoms with Crippen molar-refractivity contribution in [1.29, 1.82) is 0 Å². The molecule has 0 fully saturated rings. The lowest BCUT2D eigenvalue weighted by atomic mass is 9.98. The minimum absolute atomic E-state index is 0.0952. The maximum Gasteiger partial charge on any atom is 0.137 e. The summed E-state index contributed by atoms with van der Waals surface area (Å²) in [4.78, 5) is 0. The summed E-state index contributed by atoms with van der Waals surface area (Å²) in [6.45, 7) is 4.19. The average molecular weight is 360 g/mol. The Balaban J connectivity index is 2.36. The molecule has 1 atom stereocenters. The Morgan fingerprint density at radius 3 is 2.05 bits per heavy atom. The first kappa shape index (κ1) is 15.5. The molecule has 2 rings (SSSR count). The molecule has 0 amide bonds. The molecule has 0 aliphatic heterocycles. The first-order valence-corrected chi connectivity index (χ1v) is 7.51. The highest BCUT2D eigenvalue weighted by atomic mass is 79.9. The monoisotopic (exact) mass is 358 g/mol. The van der Waals surface area contributed by atoms with Crippen LogP contribution in [0.15, 0.2) is 40.9 Å². The SMILES string of the molecule is CC(C)c1ccc(C(Cl)c2cc(F)c(Br)cc2F)cc1. The minimum Gasteiger partial charge on any atom is -0.207 e. The van der Waals surface area contributed by atoms with E-state index in [1.807, 2.05) is 24.3 Å². The summed E-state index contributed by atoms with van der Waals surface area (Å²) in [5.41, 5.74) is 2.07. The van der Waals surface area contributed by atoms with Gasteiger partial charge in [0.05, 0.1) is 9.85 Å². The van der Waals surface area contributed by atoms with E-state index < -0.39 is 17.0 Å². The summed E-state index contributed by atoms with van der Waals surface area (Å²) in [5, 5.41) is -0.709. The molecule has 0 aliphatic carbocycles. The van der Waals surface area contributed by atoms with Crippen molar-refractivity contribution in [3.05, 3.63) is 69.2 Å². The van der Waals surface area contributed by atoms with Crippen molar-refractivity contribution < 1.29 is 8.78 Å². The fourth-order valence-corrected chi connectivity index (χ4v) is 2.59. The van der Waals surface area contributed by atoms with E-state index >= 15 is 0 Å². The Labute approximate surface area is 130 Å². The zero-order chi connectivity index (χ0) is 14.9. The lowest BCUT2D eigenvalue weighted by molar-refractivity contribution is 0.582. The molecule has 106 valence electrons. The van der Waals surface area contributed by atoms with E-state index in [9.17, 15) is 8.78 Å². The van der Waals surface area contributed by atoms with Crippen molar-refractivity contribution in [2.45, 2.75) is 25.1 Å². The smallest absolute Gasteiger partial charge is 0.137 e. The number of hydrogen-bond acceptors (Lipinski definition) is 0. The molecule has 0 N–H and O–H groups in total. The summed E-state index contributed by atoms with van der Waals surface area (Å²) in [7, 11) is 0. The molecule has 4 heteroatoms. The lowest BCUT2D eigenvalue weighted by Crippen LogP contribution is -1.99. The van der Waals surface area contributed by atoms with Crippen LogP contribution in [0.25, 0.3) is 0 Å². The number of alkyl halides is 1. The largest absolute Gasteiger partial charge is 0.207 e. The van der Waals surface area contributed by atoms with Gasteiger partial charge in [-0.2, -0.15) is 0 Å². The average Bonchev–Trinajstić information content (AvgIpc) is 2.42. The molecule has 1 unspecified atom stereocenters. The van der Waals surface area contributed by atoms with Crippen molar-refractivity contribution in [3.63, 3.8) is 0 Å². The quantitative estimate of drug-likeness (QED) is 0.453. The van der Waals surface area contributed by atoms with Crippen molar-refractivity contribution >= 4 is 27.5 Å².